The quantitative estimate of drug-likeness (QED) is 0.259. The van der Waals surface area contributed by atoms with E-state index in [9.17, 15) is 18.8 Å². The van der Waals surface area contributed by atoms with E-state index in [0.29, 0.717) is 34.5 Å². The Hall–Kier alpha value is -4.98. The summed E-state index contributed by atoms with van der Waals surface area (Å²) in [4.78, 5) is 45.1. The van der Waals surface area contributed by atoms with Gasteiger partial charge in [0.2, 0.25) is 0 Å². The standard InChI is InChI=1S/C34H30FN3O4/c1-3-27-29(22-15-7-12-20-28(22)42-2)30(31(39)21-13-5-4-6-14-21)34(23-16-8-10-18-25(23)36-32(34)40)38(27)33(41)37-26-19-11-9-17-24(26)35/h4-20,27,29-30H,3H2,1-2H3,(H,36,40)(H,37,41). The fraction of sp³-hybridized carbons (Fsp3) is 0.206. The lowest BCUT2D eigenvalue weighted by Gasteiger charge is -2.39. The number of fused-ring (bicyclic) bond motifs is 2. The van der Waals surface area contributed by atoms with E-state index in [4.69, 9.17) is 4.74 Å². The predicted molar refractivity (Wildman–Crippen MR) is 158 cm³/mol. The predicted octanol–water partition coefficient (Wildman–Crippen LogP) is 6.59. The van der Waals surface area contributed by atoms with E-state index in [1.807, 2.05) is 37.3 Å². The average molecular weight is 564 g/mol. The van der Waals surface area contributed by atoms with Crippen molar-refractivity contribution in [2.24, 2.45) is 5.92 Å². The first-order valence-electron chi connectivity index (χ1n) is 13.9. The number of methoxy groups -OCH3 is 1. The maximum absolute atomic E-state index is 14.8. The number of amides is 3. The van der Waals surface area contributed by atoms with Gasteiger partial charge in [-0.3, -0.25) is 9.59 Å². The number of hydrogen-bond donors (Lipinski definition) is 2. The largest absolute Gasteiger partial charge is 0.496 e. The van der Waals surface area contributed by atoms with Crippen LogP contribution in [0.2, 0.25) is 0 Å². The topological polar surface area (TPSA) is 87.7 Å². The van der Waals surface area contributed by atoms with Crippen LogP contribution in [0.25, 0.3) is 0 Å². The molecule has 0 aromatic heterocycles. The number of halogens is 1. The number of urea groups is 1. The van der Waals surface area contributed by atoms with Gasteiger partial charge in [0.1, 0.15) is 11.6 Å². The third-order valence-corrected chi connectivity index (χ3v) is 8.46. The molecule has 0 saturated carbocycles. The number of para-hydroxylation sites is 3. The monoisotopic (exact) mass is 563 g/mol. The third kappa shape index (κ3) is 4.05. The molecule has 8 heteroatoms. The first-order chi connectivity index (χ1) is 20.4. The Kier molecular flexibility index (Phi) is 6.98. The molecule has 7 nitrogen and oxygen atoms in total. The number of rotatable bonds is 6. The van der Waals surface area contributed by atoms with Crippen LogP contribution in [0.1, 0.15) is 40.7 Å². The molecule has 2 aliphatic heterocycles. The van der Waals surface area contributed by atoms with Crippen molar-refractivity contribution in [3.05, 3.63) is 126 Å². The SMILES string of the molecule is CCC1C(c2ccccc2OC)C(C(=O)c2ccccc2)C2(C(=O)Nc3ccccc32)N1C(=O)Nc1ccccc1F. The number of ether oxygens (including phenoxy) is 1. The maximum Gasteiger partial charge on any atom is 0.323 e. The molecule has 2 heterocycles. The number of nitrogens with zero attached hydrogens (tertiary/aromatic N) is 1. The van der Waals surface area contributed by atoms with Crippen molar-refractivity contribution in [2.45, 2.75) is 30.8 Å². The molecule has 0 bridgehead atoms. The van der Waals surface area contributed by atoms with E-state index in [-0.39, 0.29) is 11.5 Å². The van der Waals surface area contributed by atoms with Gasteiger partial charge in [-0.1, -0.05) is 85.8 Å². The smallest absolute Gasteiger partial charge is 0.323 e. The van der Waals surface area contributed by atoms with Crippen LogP contribution in [-0.4, -0.2) is 35.8 Å². The lowest BCUT2D eigenvalue weighted by atomic mass is 9.69. The Morgan fingerprint density at radius 2 is 1.60 bits per heavy atom. The molecule has 1 saturated heterocycles. The van der Waals surface area contributed by atoms with Crippen molar-refractivity contribution in [2.75, 3.05) is 17.7 Å². The second-order valence-electron chi connectivity index (χ2n) is 10.5. The van der Waals surface area contributed by atoms with E-state index in [1.165, 1.54) is 23.1 Å². The van der Waals surface area contributed by atoms with Crippen LogP contribution in [0.3, 0.4) is 0 Å². The molecule has 42 heavy (non-hydrogen) atoms. The summed E-state index contributed by atoms with van der Waals surface area (Å²) >= 11 is 0. The molecular formula is C34H30FN3O4. The molecule has 0 aliphatic carbocycles. The van der Waals surface area contributed by atoms with Crippen LogP contribution in [0, 0.1) is 11.7 Å². The number of carbonyl (C=O) groups is 3. The number of carbonyl (C=O) groups excluding carboxylic acids is 3. The molecule has 4 aromatic rings. The molecular weight excluding hydrogens is 533 g/mol. The molecule has 3 amide bonds. The number of anilines is 2. The van der Waals surface area contributed by atoms with E-state index >= 15 is 0 Å². The molecule has 1 fully saturated rings. The summed E-state index contributed by atoms with van der Waals surface area (Å²) in [6.45, 7) is 1.91. The van der Waals surface area contributed by atoms with Crippen molar-refractivity contribution in [1.29, 1.82) is 0 Å². The third-order valence-electron chi connectivity index (χ3n) is 8.46. The molecule has 1 spiro atoms. The van der Waals surface area contributed by atoms with Gasteiger partial charge in [-0.15, -0.1) is 0 Å². The molecule has 2 N–H and O–H groups in total. The van der Waals surface area contributed by atoms with Crippen LogP contribution in [-0.2, 0) is 10.3 Å². The number of hydrogen-bond acceptors (Lipinski definition) is 4. The van der Waals surface area contributed by atoms with E-state index in [0.717, 1.165) is 0 Å². The normalized spacial score (nSPS) is 22.5. The second kappa shape index (κ2) is 10.8. The minimum absolute atomic E-state index is 0.0223. The zero-order chi connectivity index (χ0) is 29.4. The van der Waals surface area contributed by atoms with Crippen molar-refractivity contribution in [1.82, 2.24) is 4.90 Å². The molecule has 212 valence electrons. The van der Waals surface area contributed by atoms with Gasteiger partial charge in [-0.2, -0.15) is 0 Å². The first-order valence-corrected chi connectivity index (χ1v) is 13.9. The Morgan fingerprint density at radius 1 is 0.929 bits per heavy atom. The highest BCUT2D eigenvalue weighted by Crippen LogP contribution is 2.60. The number of likely N-dealkylation sites (tertiary alicyclic amines) is 1. The Balaban J connectivity index is 1.65. The fourth-order valence-corrected chi connectivity index (χ4v) is 6.82. The van der Waals surface area contributed by atoms with Crippen LogP contribution in [0.15, 0.2) is 103 Å². The minimum atomic E-state index is -1.73. The summed E-state index contributed by atoms with van der Waals surface area (Å²) in [5.74, 6) is -2.50. The molecule has 4 unspecified atom stereocenters. The lowest BCUT2D eigenvalue weighted by molar-refractivity contribution is -0.126. The summed E-state index contributed by atoms with van der Waals surface area (Å²) in [6, 6.07) is 27.8. The van der Waals surface area contributed by atoms with E-state index in [2.05, 4.69) is 10.6 Å². The fourth-order valence-electron chi connectivity index (χ4n) is 6.82. The molecule has 6 rings (SSSR count). The van der Waals surface area contributed by atoms with E-state index in [1.54, 1.807) is 61.7 Å². The van der Waals surface area contributed by atoms with Crippen LogP contribution < -0.4 is 15.4 Å². The zero-order valence-corrected chi connectivity index (χ0v) is 23.2. The highest BCUT2D eigenvalue weighted by molar-refractivity contribution is 6.14. The number of Topliss-reactive ketones (excluding diaryl/α,β-unsaturated/α-hetero) is 1. The molecule has 0 radical (unpaired) electrons. The number of benzene rings is 4. The lowest BCUT2D eigenvalue weighted by Crippen LogP contribution is -2.57. The number of nitrogens with one attached hydrogen (secondary N) is 2. The van der Waals surface area contributed by atoms with Crippen molar-refractivity contribution in [3.8, 4) is 5.75 Å². The Morgan fingerprint density at radius 3 is 2.33 bits per heavy atom. The van der Waals surface area contributed by atoms with Gasteiger partial charge in [0.05, 0.1) is 18.7 Å². The van der Waals surface area contributed by atoms with Gasteiger partial charge in [0.15, 0.2) is 11.3 Å². The zero-order valence-electron chi connectivity index (χ0n) is 23.2. The Bertz CT molecular complexity index is 1680. The summed E-state index contributed by atoms with van der Waals surface area (Å²) in [6.07, 6.45) is 0.406. The van der Waals surface area contributed by atoms with Gasteiger partial charge in [-0.05, 0) is 30.7 Å². The minimum Gasteiger partial charge on any atom is -0.496 e. The van der Waals surface area contributed by atoms with Crippen molar-refractivity contribution >= 4 is 29.1 Å². The average Bonchev–Trinajstić information content (AvgIpc) is 3.49. The van der Waals surface area contributed by atoms with Crippen LogP contribution >= 0.6 is 0 Å². The molecule has 2 aliphatic rings. The van der Waals surface area contributed by atoms with Crippen molar-refractivity contribution in [3.63, 3.8) is 0 Å². The second-order valence-corrected chi connectivity index (χ2v) is 10.5. The van der Waals surface area contributed by atoms with Gasteiger partial charge >= 0.3 is 6.03 Å². The first kappa shape index (κ1) is 27.2. The van der Waals surface area contributed by atoms with Crippen LogP contribution in [0.4, 0.5) is 20.6 Å². The highest BCUT2D eigenvalue weighted by Gasteiger charge is 2.70. The number of ketones is 1. The van der Waals surface area contributed by atoms with E-state index < -0.39 is 41.2 Å². The summed E-state index contributed by atoms with van der Waals surface area (Å²) in [5, 5.41) is 5.66. The van der Waals surface area contributed by atoms with Gasteiger partial charge in [-0.25, -0.2) is 9.18 Å². The van der Waals surface area contributed by atoms with Crippen LogP contribution in [0.5, 0.6) is 5.75 Å². The van der Waals surface area contributed by atoms with Gasteiger partial charge < -0.3 is 20.3 Å². The summed E-state index contributed by atoms with van der Waals surface area (Å²) in [7, 11) is 1.55. The summed E-state index contributed by atoms with van der Waals surface area (Å²) < 4.78 is 20.5. The Labute approximate surface area is 243 Å². The molecule has 4 aromatic carbocycles. The van der Waals surface area contributed by atoms with Gasteiger partial charge in [0, 0.05) is 34.3 Å². The van der Waals surface area contributed by atoms with Gasteiger partial charge in [0.25, 0.3) is 5.91 Å². The maximum atomic E-state index is 14.8. The van der Waals surface area contributed by atoms with Crippen molar-refractivity contribution < 1.29 is 23.5 Å². The molecule has 4 atom stereocenters. The highest BCUT2D eigenvalue weighted by atomic mass is 19.1. The summed E-state index contributed by atoms with van der Waals surface area (Å²) in [5.41, 5.74) is 0.414.